The molecule has 0 aromatic rings. The van der Waals surface area contributed by atoms with E-state index in [1.807, 2.05) is 13.8 Å². The lowest BCUT2D eigenvalue weighted by atomic mass is 10.2. The Hall–Kier alpha value is -1.30. The molecule has 17 heavy (non-hydrogen) atoms. The second-order valence-electron chi connectivity index (χ2n) is 4.08. The van der Waals surface area contributed by atoms with Crippen LogP contribution >= 0.6 is 0 Å². The number of nitrogens with zero attached hydrogens (tertiary/aromatic N) is 1. The molecular formula is C11H22N2O4. The van der Waals surface area contributed by atoms with Crippen LogP contribution in [-0.4, -0.2) is 41.2 Å². The van der Waals surface area contributed by atoms with Crippen LogP contribution in [0.5, 0.6) is 0 Å². The van der Waals surface area contributed by atoms with Gasteiger partial charge in [-0.25, -0.2) is 15.1 Å². The second-order valence-corrected chi connectivity index (χ2v) is 4.08. The van der Waals surface area contributed by atoms with E-state index in [1.54, 1.807) is 4.90 Å². The Morgan fingerprint density at radius 3 is 2.47 bits per heavy atom. The Kier molecular flexibility index (Phi) is 8.13. The molecule has 2 amide bonds. The van der Waals surface area contributed by atoms with Gasteiger partial charge in [0.1, 0.15) is 0 Å². The van der Waals surface area contributed by atoms with Gasteiger partial charge in [0.15, 0.2) is 6.61 Å². The molecule has 0 aliphatic heterocycles. The van der Waals surface area contributed by atoms with E-state index in [0.717, 1.165) is 19.3 Å². The van der Waals surface area contributed by atoms with Crippen LogP contribution in [-0.2, 0) is 9.63 Å². The molecule has 0 fully saturated rings. The highest BCUT2D eigenvalue weighted by molar-refractivity contribution is 5.74. The van der Waals surface area contributed by atoms with E-state index >= 15 is 0 Å². The molecule has 0 unspecified atom stereocenters. The fourth-order valence-corrected chi connectivity index (χ4v) is 1.34. The Morgan fingerprint density at radius 1 is 1.35 bits per heavy atom. The molecule has 0 rings (SSSR count). The highest BCUT2D eigenvalue weighted by Crippen LogP contribution is 2.03. The van der Waals surface area contributed by atoms with Crippen molar-refractivity contribution in [2.24, 2.45) is 0 Å². The first-order chi connectivity index (χ1) is 7.99. The van der Waals surface area contributed by atoms with Crippen LogP contribution < -0.4 is 5.48 Å². The second kappa shape index (κ2) is 8.81. The van der Waals surface area contributed by atoms with Crippen molar-refractivity contribution in [1.29, 1.82) is 0 Å². The predicted octanol–water partition coefficient (Wildman–Crippen LogP) is 1.61. The standard InChI is InChI=1S/C11H22N2O4/c1-4-5-6-7-13(9(2)3)11(16)12-17-8-10(14)15/h9H,4-8H2,1-3H3,(H,12,16)(H,14,15). The van der Waals surface area contributed by atoms with Crippen LogP contribution in [0.4, 0.5) is 4.79 Å². The van der Waals surface area contributed by atoms with Crippen LogP contribution in [0.3, 0.4) is 0 Å². The van der Waals surface area contributed by atoms with E-state index in [4.69, 9.17) is 5.11 Å². The summed E-state index contributed by atoms with van der Waals surface area (Å²) < 4.78 is 0. The summed E-state index contributed by atoms with van der Waals surface area (Å²) in [4.78, 5) is 28.0. The Balaban J connectivity index is 4.01. The van der Waals surface area contributed by atoms with E-state index in [1.165, 1.54) is 0 Å². The normalized spacial score (nSPS) is 10.4. The Bertz CT molecular complexity index is 244. The number of hydrogen-bond acceptors (Lipinski definition) is 3. The molecule has 0 aliphatic rings. The molecule has 0 saturated carbocycles. The average molecular weight is 246 g/mol. The average Bonchev–Trinajstić information content (AvgIpc) is 2.23. The van der Waals surface area contributed by atoms with Gasteiger partial charge in [0.05, 0.1) is 0 Å². The molecule has 100 valence electrons. The van der Waals surface area contributed by atoms with Crippen LogP contribution in [0.15, 0.2) is 0 Å². The Labute approximate surface area is 102 Å². The lowest BCUT2D eigenvalue weighted by Crippen LogP contribution is -2.44. The minimum absolute atomic E-state index is 0.0558. The van der Waals surface area contributed by atoms with E-state index < -0.39 is 18.6 Å². The molecular weight excluding hydrogens is 224 g/mol. The topological polar surface area (TPSA) is 78.9 Å². The first-order valence-electron chi connectivity index (χ1n) is 5.89. The van der Waals surface area contributed by atoms with Crippen molar-refractivity contribution in [2.45, 2.75) is 46.1 Å². The molecule has 2 N–H and O–H groups in total. The SMILES string of the molecule is CCCCCN(C(=O)NOCC(=O)O)C(C)C. The van der Waals surface area contributed by atoms with Crippen LogP contribution in [0.1, 0.15) is 40.0 Å². The summed E-state index contributed by atoms with van der Waals surface area (Å²) in [5.74, 6) is -1.12. The number of aliphatic carboxylic acids is 1. The fraction of sp³-hybridized carbons (Fsp3) is 0.818. The van der Waals surface area contributed by atoms with Crippen LogP contribution in [0, 0.1) is 0 Å². The minimum atomic E-state index is -1.12. The summed E-state index contributed by atoms with van der Waals surface area (Å²) in [6.45, 7) is 6.02. The maximum absolute atomic E-state index is 11.7. The first kappa shape index (κ1) is 15.7. The van der Waals surface area contributed by atoms with Crippen molar-refractivity contribution in [2.75, 3.05) is 13.2 Å². The third-order valence-corrected chi connectivity index (χ3v) is 2.24. The van der Waals surface area contributed by atoms with Crippen molar-refractivity contribution in [3.8, 4) is 0 Å². The minimum Gasteiger partial charge on any atom is -0.479 e. The smallest absolute Gasteiger partial charge is 0.341 e. The van der Waals surface area contributed by atoms with Crippen molar-refractivity contribution >= 4 is 12.0 Å². The zero-order chi connectivity index (χ0) is 13.3. The van der Waals surface area contributed by atoms with Gasteiger partial charge in [0.2, 0.25) is 0 Å². The summed E-state index contributed by atoms with van der Waals surface area (Å²) in [5.41, 5.74) is 2.13. The van der Waals surface area contributed by atoms with Crippen LogP contribution in [0.2, 0.25) is 0 Å². The monoisotopic (exact) mass is 246 g/mol. The summed E-state index contributed by atoms with van der Waals surface area (Å²) in [7, 11) is 0. The van der Waals surface area contributed by atoms with Gasteiger partial charge in [-0.1, -0.05) is 19.8 Å². The third kappa shape index (κ3) is 7.57. The molecule has 6 heteroatoms. The van der Waals surface area contributed by atoms with Gasteiger partial charge in [0.25, 0.3) is 0 Å². The summed E-state index contributed by atoms with van der Waals surface area (Å²) in [5, 5.41) is 8.36. The van der Waals surface area contributed by atoms with Gasteiger partial charge < -0.3 is 10.0 Å². The highest BCUT2D eigenvalue weighted by Gasteiger charge is 2.16. The third-order valence-electron chi connectivity index (χ3n) is 2.24. The molecule has 0 aliphatic carbocycles. The molecule has 0 radical (unpaired) electrons. The fourth-order valence-electron chi connectivity index (χ4n) is 1.34. The molecule has 0 aromatic heterocycles. The summed E-state index contributed by atoms with van der Waals surface area (Å²) in [6, 6.07) is -0.336. The number of carboxylic acid groups (broad SMARTS) is 1. The maximum Gasteiger partial charge on any atom is 0.341 e. The zero-order valence-electron chi connectivity index (χ0n) is 10.7. The number of carbonyl (C=O) groups excluding carboxylic acids is 1. The molecule has 0 saturated heterocycles. The number of amides is 2. The number of carbonyl (C=O) groups is 2. The predicted molar refractivity (Wildman–Crippen MR) is 63.5 cm³/mol. The molecule has 6 nitrogen and oxygen atoms in total. The van der Waals surface area contributed by atoms with E-state index in [9.17, 15) is 9.59 Å². The maximum atomic E-state index is 11.7. The van der Waals surface area contributed by atoms with E-state index in [-0.39, 0.29) is 6.04 Å². The molecule has 0 heterocycles. The van der Waals surface area contributed by atoms with Crippen LogP contribution in [0.25, 0.3) is 0 Å². The van der Waals surface area contributed by atoms with E-state index in [2.05, 4.69) is 17.2 Å². The number of hydrogen-bond donors (Lipinski definition) is 2. The number of hydroxylamine groups is 1. The summed E-state index contributed by atoms with van der Waals surface area (Å²) in [6.07, 6.45) is 3.08. The van der Waals surface area contributed by atoms with Crippen molar-refractivity contribution in [1.82, 2.24) is 10.4 Å². The zero-order valence-corrected chi connectivity index (χ0v) is 10.7. The number of unbranched alkanes of at least 4 members (excludes halogenated alkanes) is 2. The lowest BCUT2D eigenvalue weighted by Gasteiger charge is -2.26. The largest absolute Gasteiger partial charge is 0.479 e. The molecule has 0 bridgehead atoms. The lowest BCUT2D eigenvalue weighted by molar-refractivity contribution is -0.144. The van der Waals surface area contributed by atoms with Gasteiger partial charge in [-0.15, -0.1) is 0 Å². The van der Waals surface area contributed by atoms with Gasteiger partial charge in [-0.05, 0) is 20.3 Å². The molecule has 0 aromatic carbocycles. The van der Waals surface area contributed by atoms with E-state index in [0.29, 0.717) is 6.54 Å². The van der Waals surface area contributed by atoms with Crippen molar-refractivity contribution in [3.63, 3.8) is 0 Å². The molecule has 0 spiro atoms. The number of rotatable bonds is 8. The van der Waals surface area contributed by atoms with Crippen molar-refractivity contribution < 1.29 is 19.5 Å². The number of urea groups is 1. The number of carboxylic acids is 1. The van der Waals surface area contributed by atoms with Gasteiger partial charge in [-0.2, -0.15) is 0 Å². The Morgan fingerprint density at radius 2 is 2.00 bits per heavy atom. The van der Waals surface area contributed by atoms with Crippen molar-refractivity contribution in [3.05, 3.63) is 0 Å². The van der Waals surface area contributed by atoms with Gasteiger partial charge >= 0.3 is 12.0 Å². The van der Waals surface area contributed by atoms with Gasteiger partial charge in [-0.3, -0.25) is 4.84 Å². The van der Waals surface area contributed by atoms with Gasteiger partial charge in [0, 0.05) is 12.6 Å². The first-order valence-corrected chi connectivity index (χ1v) is 5.89. The highest BCUT2D eigenvalue weighted by atomic mass is 16.7. The number of nitrogens with one attached hydrogen (secondary N) is 1. The quantitative estimate of drug-likeness (QED) is 0.504. The summed E-state index contributed by atoms with van der Waals surface area (Å²) >= 11 is 0. The molecule has 0 atom stereocenters.